The summed E-state index contributed by atoms with van der Waals surface area (Å²) in [6.07, 6.45) is 2.07. The van der Waals surface area contributed by atoms with Crippen molar-refractivity contribution < 1.29 is 9.90 Å². The molecule has 0 aromatic heterocycles. The first-order valence-electron chi connectivity index (χ1n) is 7.49. The lowest BCUT2D eigenvalue weighted by Gasteiger charge is -2.18. The molecule has 0 saturated carbocycles. The van der Waals surface area contributed by atoms with Crippen molar-refractivity contribution in [1.82, 2.24) is 5.32 Å². The van der Waals surface area contributed by atoms with E-state index in [-0.39, 0.29) is 18.6 Å². The second-order valence-corrected chi connectivity index (χ2v) is 5.63. The molecule has 1 rings (SSSR count). The van der Waals surface area contributed by atoms with E-state index in [9.17, 15) is 4.79 Å². The molecule has 0 fully saturated rings. The summed E-state index contributed by atoms with van der Waals surface area (Å²) in [5, 5.41) is 11.8. The smallest absolute Gasteiger partial charge is 0.252 e. The molecule has 0 bridgehead atoms. The van der Waals surface area contributed by atoms with Gasteiger partial charge in [-0.3, -0.25) is 4.79 Å². The molecule has 2 unspecified atom stereocenters. The van der Waals surface area contributed by atoms with Crippen LogP contribution in [-0.2, 0) is 0 Å². The van der Waals surface area contributed by atoms with Gasteiger partial charge in [0.1, 0.15) is 6.61 Å². The molecule has 0 aliphatic carbocycles. The number of nitrogens with one attached hydrogen (secondary N) is 1. The Bertz CT molecular complexity index is 540. The largest absolute Gasteiger partial charge is 0.384 e. The summed E-state index contributed by atoms with van der Waals surface area (Å²) in [6.45, 7) is 8.11. The van der Waals surface area contributed by atoms with Gasteiger partial charge in [-0.25, -0.2) is 0 Å². The highest BCUT2D eigenvalue weighted by molar-refractivity contribution is 5.97. The summed E-state index contributed by atoms with van der Waals surface area (Å²) < 4.78 is 0. The Kier molecular flexibility index (Phi) is 6.98. The molecule has 2 atom stereocenters. The molecule has 1 aromatic rings. The van der Waals surface area contributed by atoms with Gasteiger partial charge < -0.3 is 10.4 Å². The first kappa shape index (κ1) is 17.3. The lowest BCUT2D eigenvalue weighted by atomic mass is 9.99. The van der Waals surface area contributed by atoms with Gasteiger partial charge in [0.15, 0.2) is 0 Å². The number of carbonyl (C=O) groups excluding carboxylic acids is 1. The molecule has 114 valence electrons. The van der Waals surface area contributed by atoms with E-state index in [1.807, 2.05) is 32.0 Å². The van der Waals surface area contributed by atoms with E-state index in [4.69, 9.17) is 5.11 Å². The van der Waals surface area contributed by atoms with Crippen LogP contribution >= 0.6 is 0 Å². The number of hydrogen-bond acceptors (Lipinski definition) is 2. The maximum Gasteiger partial charge on any atom is 0.252 e. The van der Waals surface area contributed by atoms with Crippen molar-refractivity contribution in [2.24, 2.45) is 5.92 Å². The van der Waals surface area contributed by atoms with Gasteiger partial charge in [0, 0.05) is 11.6 Å². The average Bonchev–Trinajstić information content (AvgIpc) is 2.45. The van der Waals surface area contributed by atoms with Crippen molar-refractivity contribution in [3.8, 4) is 11.8 Å². The summed E-state index contributed by atoms with van der Waals surface area (Å²) in [5.41, 5.74) is 2.25. The van der Waals surface area contributed by atoms with Crippen molar-refractivity contribution in [3.05, 3.63) is 34.9 Å². The molecular formula is C18H25NO2. The summed E-state index contributed by atoms with van der Waals surface area (Å²) in [5.74, 6) is 5.92. The van der Waals surface area contributed by atoms with Gasteiger partial charge in [-0.15, -0.1) is 0 Å². The Hall–Kier alpha value is -1.79. The molecule has 0 heterocycles. The highest BCUT2D eigenvalue weighted by Gasteiger charge is 2.14. The van der Waals surface area contributed by atoms with E-state index in [1.54, 1.807) is 0 Å². The topological polar surface area (TPSA) is 49.3 Å². The highest BCUT2D eigenvalue weighted by Crippen LogP contribution is 2.13. The van der Waals surface area contributed by atoms with E-state index in [2.05, 4.69) is 31.0 Å². The van der Waals surface area contributed by atoms with Crippen LogP contribution in [0.3, 0.4) is 0 Å². The zero-order valence-corrected chi connectivity index (χ0v) is 13.4. The molecule has 0 saturated heterocycles. The standard InChI is InChI=1S/C18H25NO2/c1-5-13(2)11-15(4)19-18(21)17-12-14(3)8-9-16(17)7-6-10-20/h8-9,12-13,15,20H,5,10-11H2,1-4H3,(H,19,21). The van der Waals surface area contributed by atoms with E-state index in [0.717, 1.165) is 18.4 Å². The minimum atomic E-state index is -0.209. The van der Waals surface area contributed by atoms with Crippen molar-refractivity contribution in [3.63, 3.8) is 0 Å². The third-order valence-corrected chi connectivity index (χ3v) is 3.55. The molecule has 0 aliphatic heterocycles. The van der Waals surface area contributed by atoms with E-state index < -0.39 is 0 Å². The number of amides is 1. The molecule has 3 heteroatoms. The van der Waals surface area contributed by atoms with Crippen LogP contribution in [0.5, 0.6) is 0 Å². The molecule has 1 amide bonds. The Balaban J connectivity index is 2.88. The number of aliphatic hydroxyl groups is 1. The van der Waals surface area contributed by atoms with E-state index in [0.29, 0.717) is 17.0 Å². The van der Waals surface area contributed by atoms with E-state index in [1.165, 1.54) is 0 Å². The molecule has 0 aliphatic rings. The van der Waals surface area contributed by atoms with Crippen molar-refractivity contribution >= 4 is 5.91 Å². The summed E-state index contributed by atoms with van der Waals surface area (Å²) in [4.78, 5) is 12.4. The number of benzene rings is 1. The molecule has 21 heavy (non-hydrogen) atoms. The van der Waals surface area contributed by atoms with Crippen LogP contribution in [0.25, 0.3) is 0 Å². The van der Waals surface area contributed by atoms with Gasteiger partial charge in [0.05, 0.1) is 5.56 Å². The Morgan fingerprint density at radius 1 is 1.38 bits per heavy atom. The van der Waals surface area contributed by atoms with Crippen LogP contribution in [0, 0.1) is 24.7 Å². The third kappa shape index (κ3) is 5.61. The van der Waals surface area contributed by atoms with Gasteiger partial charge in [-0.2, -0.15) is 0 Å². The predicted molar refractivity (Wildman–Crippen MR) is 86.1 cm³/mol. The maximum absolute atomic E-state index is 12.4. The van der Waals surface area contributed by atoms with Gasteiger partial charge in [0.25, 0.3) is 5.91 Å². The first-order chi connectivity index (χ1) is 9.97. The zero-order chi connectivity index (χ0) is 15.8. The minimum Gasteiger partial charge on any atom is -0.384 e. The quantitative estimate of drug-likeness (QED) is 0.818. The van der Waals surface area contributed by atoms with Crippen LogP contribution in [0.4, 0.5) is 0 Å². The number of aliphatic hydroxyl groups excluding tert-OH is 1. The van der Waals surface area contributed by atoms with Gasteiger partial charge in [-0.1, -0.05) is 43.7 Å². The zero-order valence-electron chi connectivity index (χ0n) is 13.4. The molecule has 2 N–H and O–H groups in total. The Labute approximate surface area is 127 Å². The summed E-state index contributed by atoms with van der Waals surface area (Å²) in [6, 6.07) is 5.71. The van der Waals surface area contributed by atoms with Crippen molar-refractivity contribution in [1.29, 1.82) is 0 Å². The lowest BCUT2D eigenvalue weighted by molar-refractivity contribution is 0.0935. The van der Waals surface area contributed by atoms with Crippen molar-refractivity contribution in [2.45, 2.75) is 46.6 Å². The van der Waals surface area contributed by atoms with Crippen LogP contribution < -0.4 is 5.32 Å². The predicted octanol–water partition coefficient (Wildman–Crippen LogP) is 2.89. The Morgan fingerprint density at radius 3 is 2.71 bits per heavy atom. The number of hydrogen-bond donors (Lipinski definition) is 2. The van der Waals surface area contributed by atoms with Crippen LogP contribution in [0.2, 0.25) is 0 Å². The first-order valence-corrected chi connectivity index (χ1v) is 7.49. The molecule has 0 radical (unpaired) electrons. The number of rotatable bonds is 5. The van der Waals surface area contributed by atoms with Crippen molar-refractivity contribution in [2.75, 3.05) is 6.61 Å². The second kappa shape index (κ2) is 8.49. The van der Waals surface area contributed by atoms with Crippen LogP contribution in [0.1, 0.15) is 55.1 Å². The minimum absolute atomic E-state index is 0.100. The molecule has 0 spiro atoms. The van der Waals surface area contributed by atoms with Crippen LogP contribution in [-0.4, -0.2) is 23.7 Å². The number of aryl methyl sites for hydroxylation is 1. The monoisotopic (exact) mass is 287 g/mol. The second-order valence-electron chi connectivity index (χ2n) is 5.63. The molecular weight excluding hydrogens is 262 g/mol. The lowest BCUT2D eigenvalue weighted by Crippen LogP contribution is -2.34. The molecule has 1 aromatic carbocycles. The van der Waals surface area contributed by atoms with Gasteiger partial charge in [0.2, 0.25) is 0 Å². The maximum atomic E-state index is 12.4. The SMILES string of the molecule is CCC(C)CC(C)NC(=O)c1cc(C)ccc1C#CCO. The molecule has 3 nitrogen and oxygen atoms in total. The van der Waals surface area contributed by atoms with Gasteiger partial charge >= 0.3 is 0 Å². The summed E-state index contributed by atoms with van der Waals surface area (Å²) in [7, 11) is 0. The fourth-order valence-electron chi connectivity index (χ4n) is 2.22. The third-order valence-electron chi connectivity index (χ3n) is 3.55. The summed E-state index contributed by atoms with van der Waals surface area (Å²) >= 11 is 0. The number of carbonyl (C=O) groups is 1. The average molecular weight is 287 g/mol. The van der Waals surface area contributed by atoms with Crippen LogP contribution in [0.15, 0.2) is 18.2 Å². The van der Waals surface area contributed by atoms with E-state index >= 15 is 0 Å². The fourth-order valence-corrected chi connectivity index (χ4v) is 2.22. The fraction of sp³-hybridized carbons (Fsp3) is 0.500. The Morgan fingerprint density at radius 2 is 2.10 bits per heavy atom. The highest BCUT2D eigenvalue weighted by atomic mass is 16.2. The normalized spacial score (nSPS) is 13.0. The van der Waals surface area contributed by atoms with Gasteiger partial charge in [-0.05, 0) is 38.3 Å².